The average Bonchev–Trinajstić information content (AvgIpc) is 2.30. The second-order valence-corrected chi connectivity index (χ2v) is 2.97. The van der Waals surface area contributed by atoms with Crippen molar-refractivity contribution < 1.29 is 4.74 Å². The van der Waals surface area contributed by atoms with Gasteiger partial charge < -0.3 is 4.74 Å². The molecule has 2 heteroatoms. The van der Waals surface area contributed by atoms with E-state index >= 15 is 0 Å². The molecule has 1 heterocycles. The van der Waals surface area contributed by atoms with Crippen molar-refractivity contribution in [2.45, 2.75) is 0 Å². The van der Waals surface area contributed by atoms with Crippen LogP contribution in [0.15, 0.2) is 48.8 Å². The summed E-state index contributed by atoms with van der Waals surface area (Å²) in [7, 11) is 1.67. The summed E-state index contributed by atoms with van der Waals surface area (Å²) in [6, 6.07) is 11.9. The zero-order valence-corrected chi connectivity index (χ0v) is 7.97. The van der Waals surface area contributed by atoms with Crippen LogP contribution in [0.3, 0.4) is 0 Å². The van der Waals surface area contributed by atoms with Crippen LogP contribution in [-0.2, 0) is 0 Å². The molecule has 0 atom stereocenters. The predicted octanol–water partition coefficient (Wildman–Crippen LogP) is 2.76. The Morgan fingerprint density at radius 3 is 2.50 bits per heavy atom. The smallest absolute Gasteiger partial charge is 0.119 e. The van der Waals surface area contributed by atoms with Crippen LogP contribution in [0.2, 0.25) is 0 Å². The first-order valence-electron chi connectivity index (χ1n) is 4.44. The van der Waals surface area contributed by atoms with Crippen LogP contribution < -0.4 is 4.74 Å². The van der Waals surface area contributed by atoms with Gasteiger partial charge in [0.05, 0.1) is 7.11 Å². The maximum absolute atomic E-state index is 5.16. The fourth-order valence-electron chi connectivity index (χ4n) is 1.35. The van der Waals surface area contributed by atoms with E-state index in [1.807, 2.05) is 30.3 Å². The minimum atomic E-state index is 0.874. The van der Waals surface area contributed by atoms with Crippen LogP contribution in [0, 0.1) is 0 Å². The summed E-state index contributed by atoms with van der Waals surface area (Å²) in [4.78, 5) is 3.98. The molecular weight excluding hydrogens is 174 g/mol. The molecule has 0 fully saturated rings. The van der Waals surface area contributed by atoms with Gasteiger partial charge in [-0.25, -0.2) is 0 Å². The number of methoxy groups -OCH3 is 1. The molecule has 2 nitrogen and oxygen atoms in total. The van der Waals surface area contributed by atoms with Crippen molar-refractivity contribution in [1.29, 1.82) is 0 Å². The maximum atomic E-state index is 5.16. The van der Waals surface area contributed by atoms with E-state index in [4.69, 9.17) is 4.74 Å². The molecule has 0 radical (unpaired) electrons. The van der Waals surface area contributed by atoms with E-state index < -0.39 is 0 Å². The number of pyridine rings is 1. The van der Waals surface area contributed by atoms with Gasteiger partial charge in [-0.1, -0.05) is 12.1 Å². The van der Waals surface area contributed by atoms with Crippen LogP contribution in [0.1, 0.15) is 0 Å². The molecule has 0 amide bonds. The second kappa shape index (κ2) is 3.92. The predicted molar refractivity (Wildman–Crippen MR) is 56.2 cm³/mol. The van der Waals surface area contributed by atoms with Crippen molar-refractivity contribution in [3.05, 3.63) is 48.8 Å². The lowest BCUT2D eigenvalue weighted by atomic mass is 10.1. The van der Waals surface area contributed by atoms with Crippen molar-refractivity contribution in [3.63, 3.8) is 0 Å². The highest BCUT2D eigenvalue weighted by molar-refractivity contribution is 5.64. The highest BCUT2D eigenvalue weighted by Crippen LogP contribution is 2.22. The van der Waals surface area contributed by atoms with Gasteiger partial charge in [-0.2, -0.15) is 0 Å². The van der Waals surface area contributed by atoms with Gasteiger partial charge in [0.1, 0.15) is 5.75 Å². The third kappa shape index (κ3) is 1.74. The minimum absolute atomic E-state index is 0.874. The number of nitrogens with zero attached hydrogens (tertiary/aromatic N) is 1. The zero-order valence-electron chi connectivity index (χ0n) is 7.97. The molecule has 1 aromatic carbocycles. The molecule has 0 saturated heterocycles. The molecule has 2 aromatic rings. The molecule has 2 rings (SSSR count). The Kier molecular flexibility index (Phi) is 2.45. The molecule has 70 valence electrons. The van der Waals surface area contributed by atoms with Crippen molar-refractivity contribution in [2.24, 2.45) is 0 Å². The van der Waals surface area contributed by atoms with Crippen molar-refractivity contribution in [2.75, 3.05) is 7.11 Å². The first-order valence-corrected chi connectivity index (χ1v) is 4.44. The molecule has 1 aromatic heterocycles. The van der Waals surface area contributed by atoms with E-state index in [1.165, 1.54) is 0 Å². The van der Waals surface area contributed by atoms with Crippen LogP contribution in [0.5, 0.6) is 5.75 Å². The third-order valence-electron chi connectivity index (χ3n) is 2.08. The average molecular weight is 185 g/mol. The van der Waals surface area contributed by atoms with Gasteiger partial charge in [-0.05, 0) is 35.4 Å². The lowest BCUT2D eigenvalue weighted by molar-refractivity contribution is 0.415. The van der Waals surface area contributed by atoms with Crippen molar-refractivity contribution in [1.82, 2.24) is 4.98 Å². The first-order chi connectivity index (χ1) is 6.90. The Labute approximate surface area is 83.2 Å². The highest BCUT2D eigenvalue weighted by Gasteiger charge is 1.97. The number of rotatable bonds is 2. The molecule has 0 bridgehead atoms. The van der Waals surface area contributed by atoms with Crippen LogP contribution >= 0.6 is 0 Å². The van der Waals surface area contributed by atoms with Crippen molar-refractivity contribution >= 4 is 0 Å². The summed E-state index contributed by atoms with van der Waals surface area (Å²) in [5.41, 5.74) is 2.30. The normalized spacial score (nSPS) is 9.79. The standard InChI is InChI=1S/C12H11NO/c1-14-12-4-2-3-11(9-12)10-5-7-13-8-6-10/h2-9H,1H3. The van der Waals surface area contributed by atoms with E-state index in [0.717, 1.165) is 16.9 Å². The van der Waals surface area contributed by atoms with Gasteiger partial charge in [0, 0.05) is 12.4 Å². The summed E-state index contributed by atoms with van der Waals surface area (Å²) >= 11 is 0. The number of aromatic nitrogens is 1. The molecule has 0 N–H and O–H groups in total. The van der Waals surface area contributed by atoms with Crippen LogP contribution in [-0.4, -0.2) is 12.1 Å². The molecule has 0 aliphatic rings. The Hall–Kier alpha value is -1.83. The Bertz CT molecular complexity index is 412. The number of benzene rings is 1. The van der Waals surface area contributed by atoms with Gasteiger partial charge in [-0.3, -0.25) is 4.98 Å². The van der Waals surface area contributed by atoms with E-state index in [9.17, 15) is 0 Å². The summed E-state index contributed by atoms with van der Waals surface area (Å²) < 4.78 is 5.16. The van der Waals surface area contributed by atoms with Gasteiger partial charge in [-0.15, -0.1) is 0 Å². The summed E-state index contributed by atoms with van der Waals surface area (Å²) in [5, 5.41) is 0. The third-order valence-corrected chi connectivity index (χ3v) is 2.08. The van der Waals surface area contributed by atoms with E-state index in [2.05, 4.69) is 11.1 Å². The monoisotopic (exact) mass is 185 g/mol. The van der Waals surface area contributed by atoms with Gasteiger partial charge in [0.25, 0.3) is 0 Å². The second-order valence-electron chi connectivity index (χ2n) is 2.97. The lowest BCUT2D eigenvalue weighted by Crippen LogP contribution is -1.83. The molecule has 0 unspecified atom stereocenters. The highest BCUT2D eigenvalue weighted by atomic mass is 16.5. The molecule has 0 aliphatic carbocycles. The van der Waals surface area contributed by atoms with Gasteiger partial charge >= 0.3 is 0 Å². The van der Waals surface area contributed by atoms with Crippen molar-refractivity contribution in [3.8, 4) is 16.9 Å². The first kappa shape index (κ1) is 8.75. The zero-order chi connectivity index (χ0) is 9.80. The Morgan fingerprint density at radius 1 is 1.00 bits per heavy atom. The lowest BCUT2D eigenvalue weighted by Gasteiger charge is -2.03. The summed E-state index contributed by atoms with van der Waals surface area (Å²) in [5.74, 6) is 0.874. The Balaban J connectivity index is 2.42. The summed E-state index contributed by atoms with van der Waals surface area (Å²) in [6.07, 6.45) is 3.57. The SMILES string of the molecule is COc1cccc(-c2ccncc2)c1. The van der Waals surface area contributed by atoms with E-state index in [1.54, 1.807) is 19.5 Å². The molecular formula is C12H11NO. The number of ether oxygens (including phenoxy) is 1. The van der Waals surface area contributed by atoms with Crippen LogP contribution in [0.25, 0.3) is 11.1 Å². The topological polar surface area (TPSA) is 22.1 Å². The largest absolute Gasteiger partial charge is 0.497 e. The molecule has 0 aliphatic heterocycles. The Morgan fingerprint density at radius 2 is 1.79 bits per heavy atom. The van der Waals surface area contributed by atoms with Gasteiger partial charge in [0.15, 0.2) is 0 Å². The summed E-state index contributed by atoms with van der Waals surface area (Å²) in [6.45, 7) is 0. The molecule has 14 heavy (non-hydrogen) atoms. The molecule has 0 spiro atoms. The quantitative estimate of drug-likeness (QED) is 0.717. The van der Waals surface area contributed by atoms with E-state index in [-0.39, 0.29) is 0 Å². The number of hydrogen-bond donors (Lipinski definition) is 0. The molecule has 0 saturated carbocycles. The van der Waals surface area contributed by atoms with Crippen LogP contribution in [0.4, 0.5) is 0 Å². The fraction of sp³-hybridized carbons (Fsp3) is 0.0833. The van der Waals surface area contributed by atoms with E-state index in [0.29, 0.717) is 0 Å². The van der Waals surface area contributed by atoms with Gasteiger partial charge in [0.2, 0.25) is 0 Å². The minimum Gasteiger partial charge on any atom is -0.497 e. The number of hydrogen-bond acceptors (Lipinski definition) is 2. The maximum Gasteiger partial charge on any atom is 0.119 e. The fourth-order valence-corrected chi connectivity index (χ4v) is 1.35.